The molecule has 2 heterocycles. The molecule has 1 fully saturated rings. The van der Waals surface area contributed by atoms with Crippen molar-refractivity contribution in [3.8, 4) is 0 Å². The number of anilines is 2. The van der Waals surface area contributed by atoms with Crippen molar-refractivity contribution in [2.45, 2.75) is 33.3 Å². The third kappa shape index (κ3) is 5.48. The number of carbonyl (C=O) groups is 1. The molecule has 1 aliphatic rings. The highest BCUT2D eigenvalue weighted by Gasteiger charge is 2.26. The Labute approximate surface area is 149 Å². The summed E-state index contributed by atoms with van der Waals surface area (Å²) in [6.07, 6.45) is 4.57. The molecule has 1 saturated heterocycles. The van der Waals surface area contributed by atoms with Gasteiger partial charge in [0.25, 0.3) is 0 Å². The summed E-state index contributed by atoms with van der Waals surface area (Å²) in [5.74, 6) is 0.848. The van der Waals surface area contributed by atoms with Gasteiger partial charge in [-0.15, -0.1) is 0 Å². The summed E-state index contributed by atoms with van der Waals surface area (Å²) >= 11 is 0. The van der Waals surface area contributed by atoms with E-state index >= 15 is 0 Å². The van der Waals surface area contributed by atoms with Gasteiger partial charge in [0.2, 0.25) is 0 Å². The summed E-state index contributed by atoms with van der Waals surface area (Å²) in [7, 11) is 0. The molecule has 0 atom stereocenters. The maximum Gasteiger partial charge on any atom is 0.410 e. The van der Waals surface area contributed by atoms with Crippen LogP contribution in [0.5, 0.6) is 0 Å². The molecule has 7 nitrogen and oxygen atoms in total. The molecule has 1 aromatic rings. The second-order valence-electron chi connectivity index (χ2n) is 7.01. The molecule has 7 heteroatoms. The molecule has 0 saturated carbocycles. The van der Waals surface area contributed by atoms with E-state index < -0.39 is 5.60 Å². The first kappa shape index (κ1) is 18.8. The van der Waals surface area contributed by atoms with Crippen LogP contribution in [-0.2, 0) is 4.74 Å². The summed E-state index contributed by atoms with van der Waals surface area (Å²) in [5.41, 5.74) is 1.23. The Balaban J connectivity index is 2.01. The fourth-order valence-corrected chi connectivity index (χ4v) is 2.42. The van der Waals surface area contributed by atoms with E-state index in [1.807, 2.05) is 39.8 Å². The summed E-state index contributed by atoms with van der Waals surface area (Å²) in [5, 5.41) is 10.4. The number of aromatic nitrogens is 1. The number of pyridine rings is 1. The summed E-state index contributed by atoms with van der Waals surface area (Å²) in [6.45, 7) is 10.1. The minimum absolute atomic E-state index is 0.268. The molecule has 136 valence electrons. The van der Waals surface area contributed by atoms with Crippen LogP contribution >= 0.6 is 0 Å². The zero-order chi connectivity index (χ0) is 18.4. The van der Waals surface area contributed by atoms with Gasteiger partial charge in [-0.2, -0.15) is 0 Å². The van der Waals surface area contributed by atoms with Gasteiger partial charge < -0.3 is 25.3 Å². The Morgan fingerprint density at radius 1 is 1.32 bits per heavy atom. The zero-order valence-corrected chi connectivity index (χ0v) is 15.4. The third-order valence-electron chi connectivity index (χ3n) is 3.70. The van der Waals surface area contributed by atoms with Gasteiger partial charge in [-0.3, -0.25) is 0 Å². The number of nitrogens with one attached hydrogen (secondary N) is 2. The first-order valence-corrected chi connectivity index (χ1v) is 8.42. The van der Waals surface area contributed by atoms with Gasteiger partial charge in [-0.25, -0.2) is 9.78 Å². The van der Waals surface area contributed by atoms with Crippen molar-refractivity contribution >= 4 is 23.8 Å². The second-order valence-corrected chi connectivity index (χ2v) is 7.01. The van der Waals surface area contributed by atoms with Crippen LogP contribution < -0.4 is 10.2 Å². The van der Waals surface area contributed by atoms with E-state index in [9.17, 15) is 4.79 Å². The van der Waals surface area contributed by atoms with Crippen LogP contribution in [0, 0.1) is 5.41 Å². The summed E-state index contributed by atoms with van der Waals surface area (Å²) in [6, 6.07) is 3.83. The molecule has 0 aromatic carbocycles. The Kier molecular flexibility index (Phi) is 6.01. The van der Waals surface area contributed by atoms with Crippen molar-refractivity contribution < 1.29 is 9.53 Å². The average Bonchev–Trinajstić information content (AvgIpc) is 2.58. The molecule has 0 unspecified atom stereocenters. The number of amides is 1. The molecule has 1 amide bonds. The van der Waals surface area contributed by atoms with Crippen molar-refractivity contribution in [3.05, 3.63) is 30.1 Å². The molecule has 0 spiro atoms. The molecule has 25 heavy (non-hydrogen) atoms. The van der Waals surface area contributed by atoms with E-state index in [0.717, 1.165) is 17.1 Å². The van der Waals surface area contributed by atoms with E-state index in [2.05, 4.69) is 15.2 Å². The van der Waals surface area contributed by atoms with Crippen molar-refractivity contribution in [1.82, 2.24) is 9.88 Å². The van der Waals surface area contributed by atoms with E-state index in [4.69, 9.17) is 10.1 Å². The van der Waals surface area contributed by atoms with Gasteiger partial charge in [0.05, 0.1) is 5.69 Å². The van der Waals surface area contributed by atoms with Crippen molar-refractivity contribution in [3.63, 3.8) is 0 Å². The monoisotopic (exact) mass is 345 g/mol. The van der Waals surface area contributed by atoms with Gasteiger partial charge >= 0.3 is 6.09 Å². The number of ether oxygens (including phenoxy) is 1. The smallest absolute Gasteiger partial charge is 0.410 e. The fourth-order valence-electron chi connectivity index (χ4n) is 2.42. The van der Waals surface area contributed by atoms with Crippen molar-refractivity contribution in [2.24, 2.45) is 0 Å². The first-order chi connectivity index (χ1) is 11.8. The molecular formula is C18H27N5O2. The lowest BCUT2D eigenvalue weighted by atomic mass is 10.2. The van der Waals surface area contributed by atoms with E-state index in [1.165, 1.54) is 6.21 Å². The highest BCUT2D eigenvalue weighted by molar-refractivity contribution is 5.76. The predicted molar refractivity (Wildman–Crippen MR) is 100 cm³/mol. The zero-order valence-electron chi connectivity index (χ0n) is 15.4. The molecule has 0 bridgehead atoms. The number of nitrogens with zero attached hydrogens (tertiary/aromatic N) is 3. The Morgan fingerprint density at radius 2 is 2.00 bits per heavy atom. The number of allylic oxidation sites excluding steroid dienone is 1. The van der Waals surface area contributed by atoms with Gasteiger partial charge in [0.1, 0.15) is 5.60 Å². The standard InChI is InChI=1S/C18H27N5O2/c1-14(12-19)13-21-15-6-5-7-20-16(15)22-8-10-23(11-9-22)17(24)25-18(2,3)4/h5-7,12-13,19,21H,8-11H2,1-4H3/b14-13-,19-12?. The van der Waals surface area contributed by atoms with Crippen LogP contribution in [0.4, 0.5) is 16.3 Å². The number of piperazine rings is 1. The highest BCUT2D eigenvalue weighted by Crippen LogP contribution is 2.24. The quantitative estimate of drug-likeness (QED) is 0.820. The average molecular weight is 345 g/mol. The highest BCUT2D eigenvalue weighted by atomic mass is 16.6. The predicted octanol–water partition coefficient (Wildman–Crippen LogP) is 3.10. The van der Waals surface area contributed by atoms with Crippen LogP contribution in [-0.4, -0.2) is 54.0 Å². The largest absolute Gasteiger partial charge is 0.444 e. The normalized spacial score (nSPS) is 15.8. The van der Waals surface area contributed by atoms with Crippen molar-refractivity contribution in [1.29, 1.82) is 5.41 Å². The molecule has 0 radical (unpaired) electrons. The van der Waals surface area contributed by atoms with E-state index in [1.54, 1.807) is 17.3 Å². The van der Waals surface area contributed by atoms with Crippen LogP contribution in [0.1, 0.15) is 27.7 Å². The van der Waals surface area contributed by atoms with E-state index in [-0.39, 0.29) is 6.09 Å². The summed E-state index contributed by atoms with van der Waals surface area (Å²) in [4.78, 5) is 20.5. The Bertz CT molecular complexity index is 643. The van der Waals surface area contributed by atoms with Gasteiger partial charge in [0, 0.05) is 44.8 Å². The van der Waals surface area contributed by atoms with Crippen molar-refractivity contribution in [2.75, 3.05) is 36.4 Å². The lowest BCUT2D eigenvalue weighted by molar-refractivity contribution is 0.0240. The van der Waals surface area contributed by atoms with Crippen LogP contribution in [0.15, 0.2) is 30.1 Å². The topological polar surface area (TPSA) is 81.6 Å². The first-order valence-electron chi connectivity index (χ1n) is 8.42. The SMILES string of the molecule is C/C(C=N)=C/Nc1cccnc1N1CCN(C(=O)OC(C)(C)C)CC1. The van der Waals surface area contributed by atoms with E-state index in [0.29, 0.717) is 26.2 Å². The number of hydrogen-bond donors (Lipinski definition) is 2. The molecule has 1 aromatic heterocycles. The lowest BCUT2D eigenvalue weighted by Gasteiger charge is -2.36. The number of carbonyl (C=O) groups excluding carboxylic acids is 1. The lowest BCUT2D eigenvalue weighted by Crippen LogP contribution is -2.50. The van der Waals surface area contributed by atoms with Gasteiger partial charge in [-0.1, -0.05) is 0 Å². The fraction of sp³-hybridized carbons (Fsp3) is 0.500. The maximum absolute atomic E-state index is 12.2. The molecule has 2 N–H and O–H groups in total. The van der Waals surface area contributed by atoms with Gasteiger partial charge in [-0.05, 0) is 45.4 Å². The van der Waals surface area contributed by atoms with Crippen LogP contribution in [0.25, 0.3) is 0 Å². The Morgan fingerprint density at radius 3 is 2.60 bits per heavy atom. The summed E-state index contributed by atoms with van der Waals surface area (Å²) < 4.78 is 5.43. The minimum atomic E-state index is -0.481. The van der Waals surface area contributed by atoms with Crippen LogP contribution in [0.3, 0.4) is 0 Å². The maximum atomic E-state index is 12.2. The number of rotatable bonds is 4. The third-order valence-corrected chi connectivity index (χ3v) is 3.70. The molecule has 0 aliphatic carbocycles. The molecular weight excluding hydrogens is 318 g/mol. The Hall–Kier alpha value is -2.57. The molecule has 2 rings (SSSR count). The second kappa shape index (κ2) is 8.00. The number of hydrogen-bond acceptors (Lipinski definition) is 6. The minimum Gasteiger partial charge on any atom is -0.444 e. The van der Waals surface area contributed by atoms with Gasteiger partial charge in [0.15, 0.2) is 5.82 Å². The molecule has 1 aliphatic heterocycles. The van der Waals surface area contributed by atoms with Crippen LogP contribution in [0.2, 0.25) is 0 Å².